The Bertz CT molecular complexity index is 1350. The number of rotatable bonds is 5. The molecule has 1 nitrogen and oxygen atoms in total. The molecular weight excluding hydrogens is 450 g/mol. The molecule has 0 amide bonds. The van der Waals surface area contributed by atoms with E-state index in [0.29, 0.717) is 5.54 Å². The molecule has 0 heterocycles. The van der Waals surface area contributed by atoms with Gasteiger partial charge in [-0.05, 0) is 74.2 Å². The van der Waals surface area contributed by atoms with Gasteiger partial charge in [-0.1, -0.05) is 120 Å². The average Bonchev–Trinajstić information content (AvgIpc) is 3.20. The van der Waals surface area contributed by atoms with Gasteiger partial charge in [-0.3, -0.25) is 0 Å². The minimum absolute atomic E-state index is 0.0535. The van der Waals surface area contributed by atoms with E-state index in [0.717, 1.165) is 0 Å². The second-order valence-corrected chi connectivity index (χ2v) is 15.0. The number of aryl methyl sites for hydroxylation is 2. The van der Waals surface area contributed by atoms with Crippen LogP contribution in [-0.2, 0) is 0 Å². The molecule has 1 atom stereocenters. The second kappa shape index (κ2) is 9.35. The number of hydrogen-bond acceptors (Lipinski definition) is 1. The highest BCUT2D eigenvalue weighted by molar-refractivity contribution is 7.02. The van der Waals surface area contributed by atoms with Crippen LogP contribution in [-0.4, -0.2) is 13.8 Å². The van der Waals surface area contributed by atoms with Gasteiger partial charge in [0.25, 0.3) is 0 Å². The highest BCUT2D eigenvalue weighted by Gasteiger charge is 2.50. The number of hydrogen-bond donors (Lipinski definition) is 1. The van der Waals surface area contributed by atoms with Crippen molar-refractivity contribution in [1.82, 2.24) is 4.98 Å². The number of allylic oxidation sites excluding steroid dienone is 1. The number of benzene rings is 4. The molecule has 4 aromatic carbocycles. The molecule has 1 aliphatic rings. The summed E-state index contributed by atoms with van der Waals surface area (Å²) in [5, 5.41) is 2.87. The zero-order valence-electron chi connectivity index (χ0n) is 22.4. The standard InChI is InChI=1S/C34H37NSi/c1-24-15-19-28(20-16-24)36(35-34(4,5)6,29-21-17-25(2)18-22-29)33-26(3)23-32-30(13-10-14-31(32)33)27-11-8-7-9-12-27/h7-23,33,35H,1-6H3. The van der Waals surface area contributed by atoms with Crippen LogP contribution in [0.4, 0.5) is 0 Å². The molecule has 36 heavy (non-hydrogen) atoms. The van der Waals surface area contributed by atoms with Crippen molar-refractivity contribution in [2.24, 2.45) is 0 Å². The largest absolute Gasteiger partial charge is 0.325 e. The molecule has 0 saturated carbocycles. The smallest absolute Gasteiger partial charge is 0.202 e. The second-order valence-electron chi connectivity index (χ2n) is 11.4. The van der Waals surface area contributed by atoms with Crippen LogP contribution in [0, 0.1) is 13.8 Å². The van der Waals surface area contributed by atoms with E-state index in [1.165, 1.54) is 49.3 Å². The van der Waals surface area contributed by atoms with E-state index in [1.807, 2.05) is 0 Å². The summed E-state index contributed by atoms with van der Waals surface area (Å²) < 4.78 is 0. The summed E-state index contributed by atoms with van der Waals surface area (Å²) in [6.07, 6.45) is 2.46. The molecule has 1 aliphatic carbocycles. The Hall–Kier alpha value is -3.20. The zero-order valence-corrected chi connectivity index (χ0v) is 23.4. The third-order valence-corrected chi connectivity index (χ3v) is 12.6. The SMILES string of the molecule is CC1=Cc2c(-c3ccccc3)cccc2C1[Si](NC(C)(C)C)(c1ccc(C)cc1)c1ccc(C)cc1. The van der Waals surface area contributed by atoms with E-state index in [2.05, 4.69) is 150 Å². The Morgan fingerprint density at radius 1 is 0.639 bits per heavy atom. The van der Waals surface area contributed by atoms with Gasteiger partial charge in [0.05, 0.1) is 0 Å². The van der Waals surface area contributed by atoms with Crippen LogP contribution in [0.2, 0.25) is 0 Å². The fourth-order valence-electron chi connectivity index (χ4n) is 5.94. The van der Waals surface area contributed by atoms with Crippen LogP contribution in [0.3, 0.4) is 0 Å². The van der Waals surface area contributed by atoms with Gasteiger partial charge in [0.15, 0.2) is 0 Å². The summed E-state index contributed by atoms with van der Waals surface area (Å²) >= 11 is 0. The van der Waals surface area contributed by atoms with Crippen LogP contribution in [0.5, 0.6) is 0 Å². The third kappa shape index (κ3) is 4.40. The first-order chi connectivity index (χ1) is 17.2. The Morgan fingerprint density at radius 2 is 1.19 bits per heavy atom. The fraction of sp³-hybridized carbons (Fsp3) is 0.235. The van der Waals surface area contributed by atoms with Crippen LogP contribution in [0.25, 0.3) is 17.2 Å². The Kier molecular flexibility index (Phi) is 6.36. The lowest BCUT2D eigenvalue weighted by molar-refractivity contribution is 0.512. The van der Waals surface area contributed by atoms with Gasteiger partial charge in [0.1, 0.15) is 0 Å². The normalized spacial score (nSPS) is 15.5. The highest BCUT2D eigenvalue weighted by Crippen LogP contribution is 2.45. The summed E-state index contributed by atoms with van der Waals surface area (Å²) in [5.74, 6) is 0. The average molecular weight is 488 g/mol. The molecule has 5 rings (SSSR count). The Morgan fingerprint density at radius 3 is 1.72 bits per heavy atom. The first-order valence-corrected chi connectivity index (χ1v) is 15.1. The molecule has 1 N–H and O–H groups in total. The molecule has 2 heteroatoms. The maximum atomic E-state index is 4.31. The van der Waals surface area contributed by atoms with Gasteiger partial charge in [-0.15, -0.1) is 0 Å². The highest BCUT2D eigenvalue weighted by atomic mass is 28.3. The van der Waals surface area contributed by atoms with Crippen molar-refractivity contribution in [3.63, 3.8) is 0 Å². The van der Waals surface area contributed by atoms with Crippen molar-refractivity contribution in [2.75, 3.05) is 0 Å². The molecular formula is C34H37NSi. The molecule has 0 spiro atoms. The predicted octanol–water partition coefficient (Wildman–Crippen LogP) is 7.16. The lowest BCUT2D eigenvalue weighted by Gasteiger charge is -2.45. The fourth-order valence-corrected chi connectivity index (χ4v) is 11.4. The summed E-state index contributed by atoms with van der Waals surface area (Å²) in [6, 6.07) is 36.4. The van der Waals surface area contributed by atoms with Gasteiger partial charge >= 0.3 is 0 Å². The molecule has 0 bridgehead atoms. The minimum atomic E-state index is -2.55. The van der Waals surface area contributed by atoms with Crippen molar-refractivity contribution < 1.29 is 0 Å². The summed E-state index contributed by atoms with van der Waals surface area (Å²) in [6.45, 7) is 13.6. The van der Waals surface area contributed by atoms with Gasteiger partial charge in [0.2, 0.25) is 8.24 Å². The molecule has 1 unspecified atom stereocenters. The monoisotopic (exact) mass is 487 g/mol. The number of fused-ring (bicyclic) bond motifs is 1. The molecule has 0 radical (unpaired) electrons. The van der Waals surface area contributed by atoms with E-state index < -0.39 is 8.24 Å². The van der Waals surface area contributed by atoms with Crippen molar-refractivity contribution in [2.45, 2.75) is 52.6 Å². The Labute approximate surface area is 218 Å². The first kappa shape index (κ1) is 24.5. The maximum absolute atomic E-state index is 4.31. The number of nitrogens with one attached hydrogen (secondary N) is 1. The van der Waals surface area contributed by atoms with Gasteiger partial charge < -0.3 is 4.98 Å². The van der Waals surface area contributed by atoms with Crippen LogP contribution in [0.1, 0.15) is 55.5 Å². The lowest BCUT2D eigenvalue weighted by atomic mass is 9.97. The van der Waals surface area contributed by atoms with Crippen molar-refractivity contribution >= 4 is 24.7 Å². The van der Waals surface area contributed by atoms with Gasteiger partial charge in [-0.2, -0.15) is 0 Å². The molecule has 4 aromatic rings. The quantitative estimate of drug-likeness (QED) is 0.295. The topological polar surface area (TPSA) is 12.0 Å². The van der Waals surface area contributed by atoms with Crippen molar-refractivity contribution in [3.05, 3.63) is 125 Å². The maximum Gasteiger partial charge on any atom is 0.202 e. The van der Waals surface area contributed by atoms with Crippen LogP contribution >= 0.6 is 0 Å². The van der Waals surface area contributed by atoms with Crippen LogP contribution < -0.4 is 15.4 Å². The molecule has 0 fully saturated rings. The van der Waals surface area contributed by atoms with E-state index in [9.17, 15) is 0 Å². The molecule has 182 valence electrons. The molecule has 0 saturated heterocycles. The van der Waals surface area contributed by atoms with E-state index >= 15 is 0 Å². The summed E-state index contributed by atoms with van der Waals surface area (Å²) in [7, 11) is -2.55. The summed E-state index contributed by atoms with van der Waals surface area (Å²) in [5.41, 5.74) is 9.69. The van der Waals surface area contributed by atoms with Crippen LogP contribution in [0.15, 0.2) is 103 Å². The summed E-state index contributed by atoms with van der Waals surface area (Å²) in [4.78, 5) is 4.31. The molecule has 0 aromatic heterocycles. The van der Waals surface area contributed by atoms with Gasteiger partial charge in [-0.25, -0.2) is 0 Å². The third-order valence-electron chi connectivity index (χ3n) is 7.38. The van der Waals surface area contributed by atoms with Crippen molar-refractivity contribution in [3.8, 4) is 11.1 Å². The zero-order chi connectivity index (χ0) is 25.5. The van der Waals surface area contributed by atoms with E-state index in [4.69, 9.17) is 0 Å². The lowest BCUT2D eigenvalue weighted by Crippen LogP contribution is -2.76. The van der Waals surface area contributed by atoms with Crippen molar-refractivity contribution in [1.29, 1.82) is 0 Å². The minimum Gasteiger partial charge on any atom is -0.325 e. The van der Waals surface area contributed by atoms with E-state index in [1.54, 1.807) is 0 Å². The Balaban J connectivity index is 1.82. The van der Waals surface area contributed by atoms with Gasteiger partial charge in [0, 0.05) is 11.1 Å². The molecule has 0 aliphatic heterocycles. The predicted molar refractivity (Wildman–Crippen MR) is 159 cm³/mol. The van der Waals surface area contributed by atoms with E-state index in [-0.39, 0.29) is 5.54 Å². The first-order valence-electron chi connectivity index (χ1n) is 13.0.